The zero-order valence-electron chi connectivity index (χ0n) is 15.9. The fourth-order valence-corrected chi connectivity index (χ4v) is 5.22. The highest BCUT2D eigenvalue weighted by molar-refractivity contribution is 7.91. The summed E-state index contributed by atoms with van der Waals surface area (Å²) in [5.74, 6) is 0.196. The molecule has 0 aliphatic heterocycles. The van der Waals surface area contributed by atoms with Gasteiger partial charge in [0.25, 0.3) is 0 Å². The molecule has 4 rings (SSSR count). The molecule has 0 spiro atoms. The second kappa shape index (κ2) is 6.27. The van der Waals surface area contributed by atoms with Gasteiger partial charge in [-0.25, -0.2) is 22.8 Å². The van der Waals surface area contributed by atoms with E-state index in [9.17, 15) is 12.8 Å². The lowest BCUT2D eigenvalue weighted by atomic mass is 10.1. The van der Waals surface area contributed by atoms with Gasteiger partial charge in [0.1, 0.15) is 18.0 Å². The highest BCUT2D eigenvalue weighted by atomic mass is 32.2. The first-order chi connectivity index (χ1) is 13.2. The van der Waals surface area contributed by atoms with Gasteiger partial charge in [-0.15, -0.1) is 0 Å². The average molecular weight is 398 g/mol. The van der Waals surface area contributed by atoms with E-state index in [4.69, 9.17) is 0 Å². The van der Waals surface area contributed by atoms with Crippen LogP contribution < -0.4 is 0 Å². The van der Waals surface area contributed by atoms with E-state index in [-0.39, 0.29) is 9.79 Å². The molecule has 0 saturated carbocycles. The lowest BCUT2D eigenvalue weighted by Gasteiger charge is -2.09. The molecule has 8 heteroatoms. The summed E-state index contributed by atoms with van der Waals surface area (Å²) in [6.07, 6.45) is 4.98. The van der Waals surface area contributed by atoms with Gasteiger partial charge in [-0.1, -0.05) is 0 Å². The Morgan fingerprint density at radius 3 is 2.43 bits per heavy atom. The number of nitrogens with zero attached hydrogens (tertiary/aromatic N) is 4. The van der Waals surface area contributed by atoms with E-state index >= 15 is 0 Å². The zero-order chi connectivity index (χ0) is 20.2. The maximum Gasteiger partial charge on any atom is 0.210 e. The van der Waals surface area contributed by atoms with E-state index in [1.807, 2.05) is 13.1 Å². The lowest BCUT2D eigenvalue weighted by molar-refractivity contribution is 0.595. The molecule has 144 valence electrons. The van der Waals surface area contributed by atoms with E-state index in [1.165, 1.54) is 18.3 Å². The van der Waals surface area contributed by atoms with Crippen LogP contribution in [0.25, 0.3) is 16.7 Å². The fourth-order valence-electron chi connectivity index (χ4n) is 3.47. The molecular weight excluding hydrogens is 379 g/mol. The second-order valence-electron chi connectivity index (χ2n) is 6.90. The third-order valence-electron chi connectivity index (χ3n) is 4.79. The number of hydrogen-bond acceptors (Lipinski definition) is 4. The second-order valence-corrected chi connectivity index (χ2v) is 8.79. The third-order valence-corrected chi connectivity index (χ3v) is 6.69. The molecule has 0 N–H and O–H groups in total. The molecule has 0 fully saturated rings. The Kier molecular flexibility index (Phi) is 4.11. The summed E-state index contributed by atoms with van der Waals surface area (Å²) in [6.45, 7) is 5.24. The molecule has 0 aliphatic carbocycles. The van der Waals surface area contributed by atoms with Crippen molar-refractivity contribution in [3.8, 4) is 5.82 Å². The van der Waals surface area contributed by atoms with Crippen LogP contribution >= 0.6 is 0 Å². The van der Waals surface area contributed by atoms with E-state index in [0.717, 1.165) is 5.69 Å². The van der Waals surface area contributed by atoms with E-state index < -0.39 is 15.7 Å². The molecular formula is C20H19FN4O2S. The Morgan fingerprint density at radius 1 is 1.04 bits per heavy atom. The third kappa shape index (κ3) is 2.80. The first kappa shape index (κ1) is 18.4. The number of halogens is 1. The maximum absolute atomic E-state index is 13.8. The van der Waals surface area contributed by atoms with Crippen molar-refractivity contribution in [3.05, 3.63) is 65.8 Å². The van der Waals surface area contributed by atoms with Crippen molar-refractivity contribution in [2.24, 2.45) is 7.05 Å². The van der Waals surface area contributed by atoms with Crippen LogP contribution in [0.4, 0.5) is 4.39 Å². The average Bonchev–Trinajstić information content (AvgIpc) is 3.19. The summed E-state index contributed by atoms with van der Waals surface area (Å²) < 4.78 is 44.0. The summed E-state index contributed by atoms with van der Waals surface area (Å²) >= 11 is 0. The molecule has 0 aliphatic rings. The molecule has 0 unspecified atom stereocenters. The Bertz CT molecular complexity index is 1340. The van der Waals surface area contributed by atoms with Gasteiger partial charge in [0.2, 0.25) is 9.84 Å². The lowest BCUT2D eigenvalue weighted by Crippen LogP contribution is -2.07. The van der Waals surface area contributed by atoms with Crippen molar-refractivity contribution in [3.63, 3.8) is 0 Å². The van der Waals surface area contributed by atoms with Crippen LogP contribution in [-0.4, -0.2) is 27.5 Å². The van der Waals surface area contributed by atoms with E-state index in [0.29, 0.717) is 28.0 Å². The smallest absolute Gasteiger partial charge is 0.210 e. The minimum Gasteiger partial charge on any atom is -0.349 e. The van der Waals surface area contributed by atoms with Crippen LogP contribution in [0.5, 0.6) is 0 Å². The topological polar surface area (TPSA) is 69.8 Å². The fraction of sp³-hybridized carbons (Fsp3) is 0.200. The molecule has 3 aromatic heterocycles. The van der Waals surface area contributed by atoms with Gasteiger partial charge >= 0.3 is 0 Å². The highest BCUT2D eigenvalue weighted by Crippen LogP contribution is 2.33. The summed E-state index contributed by atoms with van der Waals surface area (Å²) in [5.41, 5.74) is 2.34. The van der Waals surface area contributed by atoms with Crippen LogP contribution in [0.2, 0.25) is 0 Å². The summed E-state index contributed by atoms with van der Waals surface area (Å²) in [6, 6.07) is 5.90. The van der Waals surface area contributed by atoms with Crippen LogP contribution in [0.1, 0.15) is 17.0 Å². The molecule has 0 bridgehead atoms. The molecule has 0 amide bonds. The van der Waals surface area contributed by atoms with Crippen molar-refractivity contribution in [1.29, 1.82) is 0 Å². The number of fused-ring (bicyclic) bond motifs is 1. The van der Waals surface area contributed by atoms with Gasteiger partial charge in [0.05, 0.1) is 26.7 Å². The number of sulfone groups is 1. The molecule has 0 saturated heterocycles. The molecule has 4 aromatic rings. The van der Waals surface area contributed by atoms with Gasteiger partial charge in [-0.2, -0.15) is 0 Å². The molecule has 0 atom stereocenters. The van der Waals surface area contributed by atoms with Crippen molar-refractivity contribution in [2.45, 2.75) is 30.6 Å². The van der Waals surface area contributed by atoms with E-state index in [1.54, 1.807) is 48.5 Å². The van der Waals surface area contributed by atoms with Gasteiger partial charge < -0.3 is 4.57 Å². The number of aromatic nitrogens is 4. The highest BCUT2D eigenvalue weighted by Gasteiger charge is 2.26. The summed E-state index contributed by atoms with van der Waals surface area (Å²) in [5, 5.41) is 0.526. The minimum absolute atomic E-state index is 0.129. The summed E-state index contributed by atoms with van der Waals surface area (Å²) in [7, 11) is -2.13. The normalized spacial score (nSPS) is 12.0. The monoisotopic (exact) mass is 398 g/mol. The predicted molar refractivity (Wildman–Crippen MR) is 104 cm³/mol. The first-order valence-electron chi connectivity index (χ1n) is 8.67. The minimum atomic E-state index is -3.84. The quantitative estimate of drug-likeness (QED) is 0.528. The van der Waals surface area contributed by atoms with E-state index in [2.05, 4.69) is 9.97 Å². The standard InChI is InChI=1S/C20H19FN4O2S/c1-12-7-15(21)8-16-20(12)18(10-24(16)4)28(26,27)17-5-6-19(23-14(17)3)25-9-13(2)22-11-25/h5-11H,1-4H3. The zero-order valence-corrected chi connectivity index (χ0v) is 16.7. The number of imidazole rings is 1. The molecule has 6 nitrogen and oxygen atoms in total. The van der Waals surface area contributed by atoms with Crippen molar-refractivity contribution in [2.75, 3.05) is 0 Å². The number of benzene rings is 1. The Balaban J connectivity index is 1.89. The molecule has 0 radical (unpaired) electrons. The molecule has 3 heterocycles. The number of rotatable bonds is 3. The molecule has 1 aromatic carbocycles. The van der Waals surface area contributed by atoms with Crippen LogP contribution in [0, 0.1) is 26.6 Å². The van der Waals surface area contributed by atoms with Crippen molar-refractivity contribution < 1.29 is 12.8 Å². The predicted octanol–water partition coefficient (Wildman–Crippen LogP) is 3.66. The molecule has 28 heavy (non-hydrogen) atoms. The van der Waals surface area contributed by atoms with Crippen molar-refractivity contribution in [1.82, 2.24) is 19.1 Å². The SMILES string of the molecule is Cc1cn(-c2ccc(S(=O)(=O)c3cn(C)c4cc(F)cc(C)c34)c(C)n2)cn1. The van der Waals surface area contributed by atoms with Gasteiger partial charge in [0.15, 0.2) is 0 Å². The largest absolute Gasteiger partial charge is 0.349 e. The van der Waals surface area contributed by atoms with Crippen molar-refractivity contribution >= 4 is 20.7 Å². The van der Waals surface area contributed by atoms with Crippen LogP contribution in [0.15, 0.2) is 52.8 Å². The summed E-state index contributed by atoms with van der Waals surface area (Å²) in [4.78, 5) is 8.90. The Labute approximate surface area is 162 Å². The maximum atomic E-state index is 13.8. The van der Waals surface area contributed by atoms with Gasteiger partial charge in [0, 0.05) is 24.8 Å². The van der Waals surface area contributed by atoms with Crippen LogP contribution in [0.3, 0.4) is 0 Å². The van der Waals surface area contributed by atoms with Gasteiger partial charge in [-0.3, -0.25) is 4.57 Å². The number of pyridine rings is 1. The Morgan fingerprint density at radius 2 is 1.79 bits per heavy atom. The first-order valence-corrected chi connectivity index (χ1v) is 10.2. The Hall–Kier alpha value is -3.00. The van der Waals surface area contributed by atoms with Gasteiger partial charge in [-0.05, 0) is 50.6 Å². The number of hydrogen-bond donors (Lipinski definition) is 0. The van der Waals surface area contributed by atoms with Crippen LogP contribution in [-0.2, 0) is 16.9 Å². The number of aryl methyl sites for hydroxylation is 4.